The number of halogens is 2. The first kappa shape index (κ1) is 14.4. The van der Waals surface area contributed by atoms with Gasteiger partial charge in [-0.1, -0.05) is 0 Å². The first-order chi connectivity index (χ1) is 8.52. The number of carbonyl (C=O) groups excluding carboxylic acids is 1. The fraction of sp³-hybridized carbons (Fsp3) is 0.417. The van der Waals surface area contributed by atoms with Crippen LogP contribution in [0.4, 0.5) is 14.5 Å². The van der Waals surface area contributed by atoms with E-state index in [2.05, 4.69) is 0 Å². The summed E-state index contributed by atoms with van der Waals surface area (Å²) in [7, 11) is 0. The minimum Gasteiger partial charge on any atom is -0.396 e. The molecule has 0 spiro atoms. The SMILES string of the molecule is CCN(CCCO)C(=O)c1c(F)ccc(N)c1F. The van der Waals surface area contributed by atoms with Crippen molar-refractivity contribution in [1.29, 1.82) is 0 Å². The third-order valence-electron chi connectivity index (χ3n) is 2.59. The van der Waals surface area contributed by atoms with E-state index in [0.717, 1.165) is 12.1 Å². The maximum atomic E-state index is 13.7. The summed E-state index contributed by atoms with van der Waals surface area (Å²) < 4.78 is 27.2. The Morgan fingerprint density at radius 1 is 1.44 bits per heavy atom. The number of benzene rings is 1. The number of rotatable bonds is 5. The number of hydrogen-bond donors (Lipinski definition) is 2. The second-order valence-electron chi connectivity index (χ2n) is 3.79. The summed E-state index contributed by atoms with van der Waals surface area (Å²) >= 11 is 0. The molecule has 1 rings (SSSR count). The van der Waals surface area contributed by atoms with E-state index in [0.29, 0.717) is 13.0 Å². The second kappa shape index (κ2) is 6.30. The van der Waals surface area contributed by atoms with Gasteiger partial charge in [0.1, 0.15) is 11.4 Å². The summed E-state index contributed by atoms with van der Waals surface area (Å²) in [6.45, 7) is 2.13. The molecule has 100 valence electrons. The highest BCUT2D eigenvalue weighted by atomic mass is 19.1. The quantitative estimate of drug-likeness (QED) is 0.784. The average Bonchev–Trinajstić information content (AvgIpc) is 2.35. The topological polar surface area (TPSA) is 66.6 Å². The molecular weight excluding hydrogens is 242 g/mol. The average molecular weight is 258 g/mol. The molecule has 0 aromatic heterocycles. The van der Waals surface area contributed by atoms with Crippen LogP contribution < -0.4 is 5.73 Å². The zero-order valence-corrected chi connectivity index (χ0v) is 10.1. The maximum Gasteiger partial charge on any atom is 0.259 e. The van der Waals surface area contributed by atoms with Gasteiger partial charge in [-0.25, -0.2) is 8.78 Å². The largest absolute Gasteiger partial charge is 0.396 e. The number of amides is 1. The maximum absolute atomic E-state index is 13.7. The molecule has 1 amide bonds. The van der Waals surface area contributed by atoms with Gasteiger partial charge in [0, 0.05) is 19.7 Å². The lowest BCUT2D eigenvalue weighted by Gasteiger charge is -2.21. The van der Waals surface area contributed by atoms with Crippen LogP contribution in [0.5, 0.6) is 0 Å². The van der Waals surface area contributed by atoms with Gasteiger partial charge in [0.05, 0.1) is 5.69 Å². The highest BCUT2D eigenvalue weighted by molar-refractivity contribution is 5.95. The molecule has 4 nitrogen and oxygen atoms in total. The zero-order chi connectivity index (χ0) is 13.7. The second-order valence-corrected chi connectivity index (χ2v) is 3.79. The Bertz CT molecular complexity index is 438. The summed E-state index contributed by atoms with van der Waals surface area (Å²) in [5.74, 6) is -2.73. The van der Waals surface area contributed by atoms with Crippen molar-refractivity contribution in [2.24, 2.45) is 0 Å². The van der Waals surface area contributed by atoms with Crippen molar-refractivity contribution >= 4 is 11.6 Å². The first-order valence-electron chi connectivity index (χ1n) is 5.66. The van der Waals surface area contributed by atoms with Crippen molar-refractivity contribution in [1.82, 2.24) is 4.90 Å². The Labute approximate surface area is 104 Å². The van der Waals surface area contributed by atoms with E-state index in [1.54, 1.807) is 6.92 Å². The molecule has 1 aromatic rings. The predicted octanol–water partition coefficient (Wildman–Crippen LogP) is 1.39. The van der Waals surface area contributed by atoms with Gasteiger partial charge < -0.3 is 15.7 Å². The molecule has 3 N–H and O–H groups in total. The molecule has 0 atom stereocenters. The minimum absolute atomic E-state index is 0.0916. The predicted molar refractivity (Wildman–Crippen MR) is 64.1 cm³/mol. The lowest BCUT2D eigenvalue weighted by molar-refractivity contribution is 0.0744. The van der Waals surface area contributed by atoms with Crippen LogP contribution in [-0.4, -0.2) is 35.6 Å². The number of nitrogens with two attached hydrogens (primary N) is 1. The van der Waals surface area contributed by atoms with Gasteiger partial charge in [0.15, 0.2) is 5.82 Å². The standard InChI is InChI=1S/C12H16F2N2O2/c1-2-16(6-3-7-17)12(18)10-8(13)4-5-9(15)11(10)14/h4-5,17H,2-3,6-7,15H2,1H3. The van der Waals surface area contributed by atoms with Crippen LogP contribution >= 0.6 is 0 Å². The number of aliphatic hydroxyl groups excluding tert-OH is 1. The van der Waals surface area contributed by atoms with Crippen LogP contribution in [0.2, 0.25) is 0 Å². The summed E-state index contributed by atoms with van der Waals surface area (Å²) in [5.41, 5.74) is 4.41. The summed E-state index contributed by atoms with van der Waals surface area (Å²) in [5, 5.41) is 8.71. The lowest BCUT2D eigenvalue weighted by Crippen LogP contribution is -2.33. The molecule has 0 saturated heterocycles. The van der Waals surface area contributed by atoms with E-state index in [1.807, 2.05) is 0 Å². The van der Waals surface area contributed by atoms with Crippen LogP contribution in [0.25, 0.3) is 0 Å². The molecule has 0 heterocycles. The number of nitrogens with zero attached hydrogens (tertiary/aromatic N) is 1. The zero-order valence-electron chi connectivity index (χ0n) is 10.1. The summed E-state index contributed by atoms with van der Waals surface area (Å²) in [6, 6.07) is 2.04. The van der Waals surface area contributed by atoms with Crippen molar-refractivity contribution in [2.45, 2.75) is 13.3 Å². The molecule has 0 radical (unpaired) electrons. The van der Waals surface area contributed by atoms with Crippen LogP contribution in [-0.2, 0) is 0 Å². The van der Waals surface area contributed by atoms with Crippen LogP contribution in [0.1, 0.15) is 23.7 Å². The normalized spacial score (nSPS) is 10.4. The number of aliphatic hydroxyl groups is 1. The van der Waals surface area contributed by atoms with Crippen LogP contribution in [0.15, 0.2) is 12.1 Å². The molecule has 0 aliphatic carbocycles. The van der Waals surface area contributed by atoms with Crippen molar-refractivity contribution in [3.05, 3.63) is 29.3 Å². The molecule has 18 heavy (non-hydrogen) atoms. The van der Waals surface area contributed by atoms with E-state index < -0.39 is 23.1 Å². The van der Waals surface area contributed by atoms with Crippen LogP contribution in [0, 0.1) is 11.6 Å². The molecule has 0 fully saturated rings. The van der Waals surface area contributed by atoms with Gasteiger partial charge in [-0.2, -0.15) is 0 Å². The molecule has 0 unspecified atom stereocenters. The van der Waals surface area contributed by atoms with E-state index in [1.165, 1.54) is 4.90 Å². The smallest absolute Gasteiger partial charge is 0.259 e. The Hall–Kier alpha value is -1.69. The molecular formula is C12H16F2N2O2. The fourth-order valence-corrected chi connectivity index (χ4v) is 1.59. The number of anilines is 1. The van der Waals surface area contributed by atoms with Crippen molar-refractivity contribution in [3.63, 3.8) is 0 Å². The third kappa shape index (κ3) is 2.95. The van der Waals surface area contributed by atoms with E-state index in [4.69, 9.17) is 10.8 Å². The van der Waals surface area contributed by atoms with Gasteiger partial charge in [-0.15, -0.1) is 0 Å². The number of nitrogen functional groups attached to an aromatic ring is 1. The molecule has 1 aromatic carbocycles. The van der Waals surface area contributed by atoms with Crippen molar-refractivity contribution in [2.75, 3.05) is 25.4 Å². The van der Waals surface area contributed by atoms with E-state index >= 15 is 0 Å². The van der Waals surface area contributed by atoms with E-state index in [-0.39, 0.29) is 18.8 Å². The van der Waals surface area contributed by atoms with Crippen LogP contribution in [0.3, 0.4) is 0 Å². The van der Waals surface area contributed by atoms with Gasteiger partial charge in [-0.3, -0.25) is 4.79 Å². The van der Waals surface area contributed by atoms with Gasteiger partial charge in [-0.05, 0) is 25.5 Å². The first-order valence-corrected chi connectivity index (χ1v) is 5.66. The van der Waals surface area contributed by atoms with Crippen molar-refractivity contribution in [3.8, 4) is 0 Å². The minimum atomic E-state index is -1.04. The van der Waals surface area contributed by atoms with Gasteiger partial charge in [0.25, 0.3) is 5.91 Å². The summed E-state index contributed by atoms with van der Waals surface area (Å²) in [6.07, 6.45) is 0.352. The molecule has 0 bridgehead atoms. The highest BCUT2D eigenvalue weighted by Crippen LogP contribution is 2.20. The van der Waals surface area contributed by atoms with E-state index in [9.17, 15) is 13.6 Å². The third-order valence-corrected chi connectivity index (χ3v) is 2.59. The molecule has 6 heteroatoms. The lowest BCUT2D eigenvalue weighted by atomic mass is 10.1. The number of carbonyl (C=O) groups is 1. The Morgan fingerprint density at radius 2 is 2.11 bits per heavy atom. The monoisotopic (exact) mass is 258 g/mol. The Morgan fingerprint density at radius 3 is 2.67 bits per heavy atom. The number of hydrogen-bond acceptors (Lipinski definition) is 3. The molecule has 0 aliphatic rings. The fourth-order valence-electron chi connectivity index (χ4n) is 1.59. The highest BCUT2D eigenvalue weighted by Gasteiger charge is 2.23. The molecule has 0 saturated carbocycles. The van der Waals surface area contributed by atoms with Gasteiger partial charge in [0.2, 0.25) is 0 Å². The van der Waals surface area contributed by atoms with Crippen molar-refractivity contribution < 1.29 is 18.7 Å². The molecule has 0 aliphatic heterocycles. The Kier molecular flexibility index (Phi) is 5.03. The summed E-state index contributed by atoms with van der Waals surface area (Å²) in [4.78, 5) is 13.2. The van der Waals surface area contributed by atoms with Gasteiger partial charge >= 0.3 is 0 Å². The Balaban J connectivity index is 3.05.